The fourth-order valence-corrected chi connectivity index (χ4v) is 3.06. The fourth-order valence-electron chi connectivity index (χ4n) is 3.06. The highest BCUT2D eigenvalue weighted by Gasteiger charge is 2.20. The number of carbonyl (C=O) groups excluding carboxylic acids is 3. The van der Waals surface area contributed by atoms with Crippen LogP contribution in [0.1, 0.15) is 38.9 Å². The summed E-state index contributed by atoms with van der Waals surface area (Å²) in [5.41, 5.74) is 2.46. The number of methoxy groups -OCH3 is 1. The highest BCUT2D eigenvalue weighted by molar-refractivity contribution is 5.98. The Balaban J connectivity index is 1.73. The van der Waals surface area contributed by atoms with E-state index in [1.807, 2.05) is 24.3 Å². The third kappa shape index (κ3) is 4.63. The summed E-state index contributed by atoms with van der Waals surface area (Å²) >= 11 is 0. The van der Waals surface area contributed by atoms with Crippen LogP contribution in [0, 0.1) is 6.92 Å². The molecule has 0 saturated carbocycles. The Morgan fingerprint density at radius 3 is 2.53 bits per heavy atom. The first-order valence-corrected chi connectivity index (χ1v) is 9.26. The van der Waals surface area contributed by atoms with Crippen LogP contribution in [0.2, 0.25) is 0 Å². The first kappa shape index (κ1) is 21.0. The molecule has 0 N–H and O–H groups in total. The van der Waals surface area contributed by atoms with Crippen LogP contribution in [0.5, 0.6) is 5.75 Å². The molecule has 154 valence electrons. The Hall–Kier alpha value is -3.74. The molecule has 0 saturated heterocycles. The second kappa shape index (κ2) is 9.17. The molecule has 2 aromatic carbocycles. The minimum Gasteiger partial charge on any atom is -0.482 e. The van der Waals surface area contributed by atoms with E-state index in [-0.39, 0.29) is 24.6 Å². The molecule has 30 heavy (non-hydrogen) atoms. The maximum atomic E-state index is 12.3. The lowest BCUT2D eigenvalue weighted by Gasteiger charge is -2.13. The SMILES string of the molecule is COC(=O)c1c(COC(=O)COc2cccc(C(C)=O)c2)nc2ccccc2c1C. The van der Waals surface area contributed by atoms with Crippen LogP contribution in [0.3, 0.4) is 0 Å². The molecule has 0 bridgehead atoms. The molecule has 3 rings (SSSR count). The van der Waals surface area contributed by atoms with Crippen molar-refractivity contribution in [3.63, 3.8) is 0 Å². The quantitative estimate of drug-likeness (QED) is 0.436. The van der Waals surface area contributed by atoms with Crippen LogP contribution in [0.15, 0.2) is 48.5 Å². The molecule has 0 atom stereocenters. The van der Waals surface area contributed by atoms with Gasteiger partial charge in [-0.15, -0.1) is 0 Å². The van der Waals surface area contributed by atoms with Crippen molar-refractivity contribution in [1.82, 2.24) is 4.98 Å². The van der Waals surface area contributed by atoms with Crippen molar-refractivity contribution in [2.45, 2.75) is 20.5 Å². The summed E-state index contributed by atoms with van der Waals surface area (Å²) in [6.45, 7) is 2.70. The minimum absolute atomic E-state index is 0.101. The number of ether oxygens (including phenoxy) is 3. The number of rotatable bonds is 7. The second-order valence-corrected chi connectivity index (χ2v) is 6.60. The first-order chi connectivity index (χ1) is 14.4. The number of fused-ring (bicyclic) bond motifs is 1. The third-order valence-corrected chi connectivity index (χ3v) is 4.58. The predicted molar refractivity (Wildman–Crippen MR) is 110 cm³/mol. The van der Waals surface area contributed by atoms with Gasteiger partial charge in [0.1, 0.15) is 12.4 Å². The number of benzene rings is 2. The van der Waals surface area contributed by atoms with Gasteiger partial charge in [0.25, 0.3) is 0 Å². The van der Waals surface area contributed by atoms with Crippen molar-refractivity contribution in [2.24, 2.45) is 0 Å². The van der Waals surface area contributed by atoms with Crippen molar-refractivity contribution < 1.29 is 28.6 Å². The molecule has 0 aliphatic rings. The van der Waals surface area contributed by atoms with Crippen molar-refractivity contribution in [3.8, 4) is 5.75 Å². The van der Waals surface area contributed by atoms with E-state index in [1.54, 1.807) is 31.2 Å². The fraction of sp³-hybridized carbons (Fsp3) is 0.217. The molecule has 1 aromatic heterocycles. The Labute approximate surface area is 173 Å². The van der Waals surface area contributed by atoms with Crippen molar-refractivity contribution in [3.05, 3.63) is 70.9 Å². The standard InChI is InChI=1S/C23H21NO6/c1-14-18-9-4-5-10-19(18)24-20(22(14)23(27)28-3)12-30-21(26)13-29-17-8-6-7-16(11-17)15(2)25/h4-11H,12-13H2,1-3H3. The smallest absolute Gasteiger partial charge is 0.344 e. The van der Waals surface area contributed by atoms with Crippen LogP contribution in [-0.4, -0.2) is 36.4 Å². The van der Waals surface area contributed by atoms with Gasteiger partial charge in [0, 0.05) is 10.9 Å². The lowest BCUT2D eigenvalue weighted by Crippen LogP contribution is -2.17. The number of hydrogen-bond donors (Lipinski definition) is 0. The van der Waals surface area contributed by atoms with Crippen LogP contribution in [0.25, 0.3) is 10.9 Å². The van der Waals surface area contributed by atoms with Crippen molar-refractivity contribution in [2.75, 3.05) is 13.7 Å². The van der Waals surface area contributed by atoms with E-state index in [0.717, 1.165) is 5.39 Å². The summed E-state index contributed by atoms with van der Waals surface area (Å²) in [6.07, 6.45) is 0. The van der Waals surface area contributed by atoms with Crippen molar-refractivity contribution >= 4 is 28.6 Å². The zero-order chi connectivity index (χ0) is 21.7. The zero-order valence-electron chi connectivity index (χ0n) is 16.9. The molecule has 0 fully saturated rings. The number of ketones is 1. The molecule has 0 radical (unpaired) electrons. The van der Waals surface area contributed by atoms with Gasteiger partial charge in [-0.2, -0.15) is 0 Å². The number of para-hydroxylation sites is 1. The summed E-state index contributed by atoms with van der Waals surface area (Å²) in [5, 5.41) is 0.821. The van der Waals surface area contributed by atoms with Gasteiger partial charge >= 0.3 is 11.9 Å². The highest BCUT2D eigenvalue weighted by Crippen LogP contribution is 2.24. The van der Waals surface area contributed by atoms with Gasteiger partial charge in [-0.1, -0.05) is 30.3 Å². The van der Waals surface area contributed by atoms with Gasteiger partial charge in [-0.3, -0.25) is 4.79 Å². The largest absolute Gasteiger partial charge is 0.482 e. The number of carbonyl (C=O) groups is 3. The molecule has 0 amide bonds. The molecule has 0 spiro atoms. The topological polar surface area (TPSA) is 91.8 Å². The van der Waals surface area contributed by atoms with E-state index in [2.05, 4.69) is 4.98 Å². The van der Waals surface area contributed by atoms with Gasteiger partial charge in [-0.25, -0.2) is 14.6 Å². The zero-order valence-corrected chi connectivity index (χ0v) is 16.9. The first-order valence-electron chi connectivity index (χ1n) is 9.26. The van der Waals surface area contributed by atoms with E-state index in [0.29, 0.717) is 28.1 Å². The number of pyridine rings is 1. The number of aryl methyl sites for hydroxylation is 1. The van der Waals surface area contributed by atoms with Gasteiger partial charge in [0.15, 0.2) is 12.4 Å². The minimum atomic E-state index is -0.633. The Morgan fingerprint density at radius 2 is 1.80 bits per heavy atom. The maximum absolute atomic E-state index is 12.3. The number of aromatic nitrogens is 1. The van der Waals surface area contributed by atoms with Gasteiger partial charge < -0.3 is 14.2 Å². The Bertz CT molecular complexity index is 1120. The second-order valence-electron chi connectivity index (χ2n) is 6.60. The molecule has 7 nitrogen and oxygen atoms in total. The van der Waals surface area contributed by atoms with E-state index in [1.165, 1.54) is 14.0 Å². The van der Waals surface area contributed by atoms with Crippen LogP contribution >= 0.6 is 0 Å². The van der Waals surface area contributed by atoms with Crippen molar-refractivity contribution in [1.29, 1.82) is 0 Å². The third-order valence-electron chi connectivity index (χ3n) is 4.58. The maximum Gasteiger partial charge on any atom is 0.344 e. The summed E-state index contributed by atoms with van der Waals surface area (Å²) in [6, 6.07) is 13.9. The normalized spacial score (nSPS) is 10.5. The summed E-state index contributed by atoms with van der Waals surface area (Å²) in [5.74, 6) is -0.897. The van der Waals surface area contributed by atoms with Crippen LogP contribution in [-0.2, 0) is 20.9 Å². The molecule has 7 heteroatoms. The van der Waals surface area contributed by atoms with Crippen LogP contribution < -0.4 is 4.74 Å². The van der Waals surface area contributed by atoms with E-state index in [9.17, 15) is 14.4 Å². The van der Waals surface area contributed by atoms with E-state index >= 15 is 0 Å². The molecule has 0 unspecified atom stereocenters. The average Bonchev–Trinajstić information content (AvgIpc) is 2.76. The summed E-state index contributed by atoms with van der Waals surface area (Å²) in [4.78, 5) is 40.3. The molecular weight excluding hydrogens is 386 g/mol. The average molecular weight is 407 g/mol. The Morgan fingerprint density at radius 1 is 1.03 bits per heavy atom. The van der Waals surface area contributed by atoms with Crippen LogP contribution in [0.4, 0.5) is 0 Å². The van der Waals surface area contributed by atoms with Gasteiger partial charge in [0.2, 0.25) is 0 Å². The van der Waals surface area contributed by atoms with Gasteiger partial charge in [0.05, 0.1) is 23.9 Å². The molecule has 1 heterocycles. The molecule has 0 aliphatic carbocycles. The summed E-state index contributed by atoms with van der Waals surface area (Å²) < 4.78 is 15.5. The monoisotopic (exact) mass is 407 g/mol. The predicted octanol–water partition coefficient (Wildman–Crippen LogP) is 3.65. The summed E-state index contributed by atoms with van der Waals surface area (Å²) in [7, 11) is 1.29. The molecular formula is C23H21NO6. The lowest BCUT2D eigenvalue weighted by atomic mass is 10.0. The highest BCUT2D eigenvalue weighted by atomic mass is 16.6. The lowest BCUT2D eigenvalue weighted by molar-refractivity contribution is -0.147. The molecule has 3 aromatic rings. The number of esters is 2. The van der Waals surface area contributed by atoms with E-state index in [4.69, 9.17) is 14.2 Å². The number of hydrogen-bond acceptors (Lipinski definition) is 7. The van der Waals surface area contributed by atoms with E-state index < -0.39 is 11.9 Å². The number of Topliss-reactive ketones (excluding diaryl/α,β-unsaturated/α-hetero) is 1. The van der Waals surface area contributed by atoms with Gasteiger partial charge in [-0.05, 0) is 37.6 Å². The molecule has 0 aliphatic heterocycles. The Kier molecular flexibility index (Phi) is 6.41. The number of nitrogens with zero attached hydrogens (tertiary/aromatic N) is 1.